The molecule has 8 heteroatoms. The number of hydrogen-bond donors (Lipinski definition) is 0. The first-order valence-electron chi connectivity index (χ1n) is 6.82. The van der Waals surface area contributed by atoms with Gasteiger partial charge in [-0.05, 0) is 28.1 Å². The third-order valence-corrected chi connectivity index (χ3v) is 4.20. The average molecular weight is 330 g/mol. The highest BCUT2D eigenvalue weighted by atomic mass is 32.2. The van der Waals surface area contributed by atoms with Crippen LogP contribution in [0, 0.1) is 0 Å². The van der Waals surface area contributed by atoms with Crippen molar-refractivity contribution in [3.05, 3.63) is 52.9 Å². The molecular formula is C15H14N4O3S. The summed E-state index contributed by atoms with van der Waals surface area (Å²) < 4.78 is 12.0. The normalized spacial score (nSPS) is 10.8. The second-order valence-corrected chi connectivity index (χ2v) is 5.62. The van der Waals surface area contributed by atoms with Crippen molar-refractivity contribution in [3.8, 4) is 5.75 Å². The van der Waals surface area contributed by atoms with Crippen molar-refractivity contribution in [2.75, 3.05) is 7.11 Å². The molecule has 0 fully saturated rings. The first kappa shape index (κ1) is 15.3. The molecule has 1 aromatic carbocycles. The highest BCUT2D eigenvalue weighted by Gasteiger charge is 2.10. The predicted molar refractivity (Wildman–Crippen MR) is 86.6 cm³/mol. The quantitative estimate of drug-likeness (QED) is 0.389. The van der Waals surface area contributed by atoms with Crippen molar-refractivity contribution >= 4 is 22.7 Å². The third-order valence-electron chi connectivity index (χ3n) is 3.20. The van der Waals surface area contributed by atoms with Gasteiger partial charge in [-0.15, -0.1) is 11.7 Å². The number of methoxy groups -OCH3 is 1. The van der Waals surface area contributed by atoms with Gasteiger partial charge >= 0.3 is 5.63 Å². The zero-order chi connectivity index (χ0) is 16.2. The number of ether oxygens (including phenoxy) is 1. The van der Waals surface area contributed by atoms with E-state index in [4.69, 9.17) is 9.15 Å². The Kier molecular flexibility index (Phi) is 4.42. The topological polar surface area (TPSA) is 83.0 Å². The molecule has 2 aromatic heterocycles. The van der Waals surface area contributed by atoms with E-state index >= 15 is 0 Å². The van der Waals surface area contributed by atoms with E-state index in [9.17, 15) is 4.79 Å². The minimum Gasteiger partial charge on any atom is -0.497 e. The molecule has 0 aliphatic rings. The smallest absolute Gasteiger partial charge is 0.336 e. The minimum atomic E-state index is -0.396. The molecule has 0 atom stereocenters. The molecule has 0 amide bonds. The summed E-state index contributed by atoms with van der Waals surface area (Å²) >= 11 is 1.45. The third kappa shape index (κ3) is 3.26. The van der Waals surface area contributed by atoms with E-state index in [0.717, 1.165) is 10.9 Å². The number of fused-ring (bicyclic) bond motifs is 1. The van der Waals surface area contributed by atoms with Gasteiger partial charge in [0.1, 0.15) is 11.3 Å². The maximum absolute atomic E-state index is 11.8. The zero-order valence-electron chi connectivity index (χ0n) is 12.4. The van der Waals surface area contributed by atoms with Crippen LogP contribution in [0.5, 0.6) is 5.75 Å². The summed E-state index contributed by atoms with van der Waals surface area (Å²) in [7, 11) is 1.57. The van der Waals surface area contributed by atoms with Crippen LogP contribution >= 0.6 is 11.8 Å². The summed E-state index contributed by atoms with van der Waals surface area (Å²) in [6.45, 7) is 4.20. The summed E-state index contributed by atoms with van der Waals surface area (Å²) in [5, 5.41) is 13.0. The van der Waals surface area contributed by atoms with Gasteiger partial charge in [-0.2, -0.15) is 0 Å². The first-order valence-corrected chi connectivity index (χ1v) is 7.80. The Labute approximate surface area is 135 Å². The molecule has 2 heterocycles. The van der Waals surface area contributed by atoms with Crippen LogP contribution in [0.15, 0.2) is 51.3 Å². The van der Waals surface area contributed by atoms with E-state index < -0.39 is 5.63 Å². The van der Waals surface area contributed by atoms with E-state index in [1.54, 1.807) is 23.9 Å². The Bertz CT molecular complexity index is 903. The lowest BCUT2D eigenvalue weighted by atomic mass is 10.1. The van der Waals surface area contributed by atoms with Gasteiger partial charge in [0.25, 0.3) is 0 Å². The maximum atomic E-state index is 11.8. The lowest BCUT2D eigenvalue weighted by molar-refractivity contribution is 0.414. The number of nitrogens with zero attached hydrogens (tertiary/aromatic N) is 4. The summed E-state index contributed by atoms with van der Waals surface area (Å²) in [5.41, 5.74) is 0.960. The Morgan fingerprint density at radius 1 is 1.43 bits per heavy atom. The summed E-state index contributed by atoms with van der Waals surface area (Å²) in [4.78, 5) is 11.8. The van der Waals surface area contributed by atoms with Crippen molar-refractivity contribution in [1.82, 2.24) is 20.2 Å². The molecule has 0 unspecified atom stereocenters. The van der Waals surface area contributed by atoms with E-state index in [0.29, 0.717) is 28.8 Å². The van der Waals surface area contributed by atoms with Crippen molar-refractivity contribution in [2.45, 2.75) is 17.5 Å². The predicted octanol–water partition coefficient (Wildman–Crippen LogP) is 2.27. The average Bonchev–Trinajstić information content (AvgIpc) is 2.99. The molecule has 23 heavy (non-hydrogen) atoms. The number of hydrogen-bond acceptors (Lipinski definition) is 7. The van der Waals surface area contributed by atoms with Gasteiger partial charge < -0.3 is 9.15 Å². The molecule has 0 saturated carbocycles. The van der Waals surface area contributed by atoms with Crippen LogP contribution < -0.4 is 10.4 Å². The minimum absolute atomic E-state index is 0.396. The summed E-state index contributed by atoms with van der Waals surface area (Å²) in [5.74, 6) is 1.19. The highest BCUT2D eigenvalue weighted by Crippen LogP contribution is 2.27. The van der Waals surface area contributed by atoms with Gasteiger partial charge in [-0.25, -0.2) is 9.48 Å². The SMILES string of the molecule is C=CCn1nnnc1SCc1cc(=O)oc2cc(OC)ccc12. The van der Waals surface area contributed by atoms with Crippen LogP contribution in [0.4, 0.5) is 0 Å². The molecule has 0 aliphatic carbocycles. The van der Waals surface area contributed by atoms with E-state index in [-0.39, 0.29) is 0 Å². The molecule has 118 valence electrons. The second-order valence-electron chi connectivity index (χ2n) is 4.67. The number of tetrazole rings is 1. The van der Waals surface area contributed by atoms with Crippen molar-refractivity contribution in [3.63, 3.8) is 0 Å². The molecule has 3 rings (SSSR count). The van der Waals surface area contributed by atoms with E-state index in [1.807, 2.05) is 12.1 Å². The summed E-state index contributed by atoms with van der Waals surface area (Å²) in [6.07, 6.45) is 1.72. The molecule has 0 saturated heterocycles. The fourth-order valence-corrected chi connectivity index (χ4v) is 3.01. The van der Waals surface area contributed by atoms with Crippen LogP contribution in [0.3, 0.4) is 0 Å². The summed E-state index contributed by atoms with van der Waals surface area (Å²) in [6, 6.07) is 6.90. The van der Waals surface area contributed by atoms with Crippen molar-refractivity contribution < 1.29 is 9.15 Å². The fourth-order valence-electron chi connectivity index (χ4n) is 2.14. The molecule has 0 radical (unpaired) electrons. The lowest BCUT2D eigenvalue weighted by Crippen LogP contribution is -2.02. The Morgan fingerprint density at radius 3 is 3.09 bits per heavy atom. The zero-order valence-corrected chi connectivity index (χ0v) is 13.2. The van der Waals surface area contributed by atoms with Crippen LogP contribution in [0.25, 0.3) is 11.0 Å². The van der Waals surface area contributed by atoms with Gasteiger partial charge in [0, 0.05) is 23.3 Å². The number of aromatic nitrogens is 4. The van der Waals surface area contributed by atoms with Crippen LogP contribution in [-0.4, -0.2) is 27.3 Å². The Hall–Kier alpha value is -2.61. The van der Waals surface area contributed by atoms with Crippen LogP contribution in [0.2, 0.25) is 0 Å². The van der Waals surface area contributed by atoms with E-state index in [2.05, 4.69) is 22.1 Å². The fraction of sp³-hybridized carbons (Fsp3) is 0.200. The molecule has 3 aromatic rings. The van der Waals surface area contributed by atoms with Gasteiger partial charge in [0.15, 0.2) is 0 Å². The van der Waals surface area contributed by atoms with Crippen LogP contribution in [-0.2, 0) is 12.3 Å². The molecule has 0 aliphatic heterocycles. The Balaban J connectivity index is 1.91. The monoisotopic (exact) mass is 330 g/mol. The largest absolute Gasteiger partial charge is 0.497 e. The van der Waals surface area contributed by atoms with Gasteiger partial charge in [-0.3, -0.25) is 0 Å². The Morgan fingerprint density at radius 2 is 2.30 bits per heavy atom. The molecule has 0 bridgehead atoms. The van der Waals surface area contributed by atoms with E-state index in [1.165, 1.54) is 17.8 Å². The number of rotatable bonds is 6. The van der Waals surface area contributed by atoms with Gasteiger partial charge in [-0.1, -0.05) is 17.8 Å². The number of benzene rings is 1. The second kappa shape index (κ2) is 6.66. The number of thioether (sulfide) groups is 1. The van der Waals surface area contributed by atoms with Gasteiger partial charge in [0.2, 0.25) is 5.16 Å². The maximum Gasteiger partial charge on any atom is 0.336 e. The molecule has 0 N–H and O–H groups in total. The van der Waals surface area contributed by atoms with Crippen molar-refractivity contribution in [2.24, 2.45) is 0 Å². The van der Waals surface area contributed by atoms with Crippen LogP contribution in [0.1, 0.15) is 5.56 Å². The molecule has 7 nitrogen and oxygen atoms in total. The standard InChI is InChI=1S/C15H14N4O3S/c1-3-6-19-15(16-17-18-19)23-9-10-7-14(20)22-13-8-11(21-2)4-5-12(10)13/h3-5,7-8H,1,6,9H2,2H3. The lowest BCUT2D eigenvalue weighted by Gasteiger charge is -2.06. The highest BCUT2D eigenvalue weighted by molar-refractivity contribution is 7.98. The molecular weight excluding hydrogens is 316 g/mol. The first-order chi connectivity index (χ1) is 11.2. The van der Waals surface area contributed by atoms with Crippen molar-refractivity contribution in [1.29, 1.82) is 0 Å². The number of allylic oxidation sites excluding steroid dienone is 1. The molecule has 0 spiro atoms. The van der Waals surface area contributed by atoms with Gasteiger partial charge in [0.05, 0.1) is 13.7 Å².